The van der Waals surface area contributed by atoms with Gasteiger partial charge < -0.3 is 0 Å². The van der Waals surface area contributed by atoms with E-state index in [2.05, 4.69) is 52.5 Å². The third-order valence-corrected chi connectivity index (χ3v) is 5.85. The van der Waals surface area contributed by atoms with E-state index in [9.17, 15) is 0 Å². The van der Waals surface area contributed by atoms with Crippen molar-refractivity contribution in [2.24, 2.45) is 5.92 Å². The fourth-order valence-electron chi connectivity index (χ4n) is 3.14. The molecule has 1 nitrogen and oxygen atoms in total. The molecule has 1 saturated carbocycles. The van der Waals surface area contributed by atoms with Crippen LogP contribution in [-0.2, 0) is 0 Å². The number of rotatable bonds is 3. The van der Waals surface area contributed by atoms with Crippen molar-refractivity contribution in [3.8, 4) is 11.3 Å². The van der Waals surface area contributed by atoms with Gasteiger partial charge in [-0.25, -0.2) is 4.98 Å². The first-order valence-corrected chi connectivity index (χ1v) is 9.15. The van der Waals surface area contributed by atoms with Crippen LogP contribution >= 0.6 is 27.3 Å². The Bertz CT molecular complexity index is 578. The van der Waals surface area contributed by atoms with Crippen molar-refractivity contribution in [3.63, 3.8) is 0 Å². The van der Waals surface area contributed by atoms with Gasteiger partial charge in [0, 0.05) is 21.3 Å². The Morgan fingerprint density at radius 1 is 1.35 bits per heavy atom. The van der Waals surface area contributed by atoms with Crippen LogP contribution in [0.25, 0.3) is 11.3 Å². The summed E-state index contributed by atoms with van der Waals surface area (Å²) < 4.78 is 1.12. The van der Waals surface area contributed by atoms with E-state index in [1.54, 1.807) is 0 Å². The van der Waals surface area contributed by atoms with Crippen molar-refractivity contribution in [3.05, 3.63) is 39.1 Å². The summed E-state index contributed by atoms with van der Waals surface area (Å²) in [5, 5.41) is 3.56. The van der Waals surface area contributed by atoms with Crippen LogP contribution in [0.1, 0.15) is 50.0 Å². The zero-order chi connectivity index (χ0) is 13.9. The van der Waals surface area contributed by atoms with E-state index < -0.39 is 0 Å². The van der Waals surface area contributed by atoms with E-state index in [4.69, 9.17) is 4.98 Å². The van der Waals surface area contributed by atoms with Gasteiger partial charge in [-0.15, -0.1) is 11.3 Å². The molecule has 0 N–H and O–H groups in total. The van der Waals surface area contributed by atoms with Crippen molar-refractivity contribution in [1.29, 1.82) is 0 Å². The lowest BCUT2D eigenvalue weighted by molar-refractivity contribution is 0.314. The van der Waals surface area contributed by atoms with E-state index >= 15 is 0 Å². The third-order valence-electron chi connectivity index (χ3n) is 4.35. The van der Waals surface area contributed by atoms with E-state index in [1.807, 2.05) is 11.3 Å². The highest BCUT2D eigenvalue weighted by Gasteiger charge is 2.24. The molecular formula is C17H20BrNS. The monoisotopic (exact) mass is 349 g/mol. The van der Waals surface area contributed by atoms with Crippen LogP contribution in [0.3, 0.4) is 0 Å². The number of aromatic nitrogens is 1. The number of hydrogen-bond donors (Lipinski definition) is 0. The van der Waals surface area contributed by atoms with Gasteiger partial charge in [0.1, 0.15) is 0 Å². The Kier molecular flexibility index (Phi) is 4.57. The minimum Gasteiger partial charge on any atom is -0.241 e. The molecule has 20 heavy (non-hydrogen) atoms. The number of hydrogen-bond acceptors (Lipinski definition) is 2. The standard InChI is InChI=1S/C17H20BrNS/c1-2-12-5-3-7-14(9-12)17-19-16(11-20-17)13-6-4-8-15(18)10-13/h4,6,8,10-12,14H,2-3,5,7,9H2,1H3. The van der Waals surface area contributed by atoms with E-state index in [0.29, 0.717) is 5.92 Å². The highest BCUT2D eigenvalue weighted by Crippen LogP contribution is 2.39. The average molecular weight is 350 g/mol. The van der Waals surface area contributed by atoms with E-state index in [0.717, 1.165) is 16.1 Å². The topological polar surface area (TPSA) is 12.9 Å². The van der Waals surface area contributed by atoms with Gasteiger partial charge in [-0.2, -0.15) is 0 Å². The molecule has 0 amide bonds. The zero-order valence-corrected chi connectivity index (χ0v) is 14.2. The lowest BCUT2D eigenvalue weighted by Crippen LogP contribution is -2.13. The summed E-state index contributed by atoms with van der Waals surface area (Å²) in [6, 6.07) is 8.42. The van der Waals surface area contributed by atoms with Gasteiger partial charge in [0.05, 0.1) is 10.7 Å². The molecule has 2 atom stereocenters. The Morgan fingerprint density at radius 2 is 2.25 bits per heavy atom. The molecule has 1 fully saturated rings. The third kappa shape index (κ3) is 3.15. The summed E-state index contributed by atoms with van der Waals surface area (Å²) in [6.07, 6.45) is 6.76. The first kappa shape index (κ1) is 14.3. The lowest BCUT2D eigenvalue weighted by atomic mass is 9.80. The molecule has 2 unspecified atom stereocenters. The highest BCUT2D eigenvalue weighted by atomic mass is 79.9. The predicted octanol–water partition coefficient (Wildman–Crippen LogP) is 6.26. The van der Waals surface area contributed by atoms with Crippen LogP contribution in [0, 0.1) is 5.92 Å². The largest absolute Gasteiger partial charge is 0.241 e. The lowest BCUT2D eigenvalue weighted by Gasteiger charge is -2.26. The van der Waals surface area contributed by atoms with E-state index in [1.165, 1.54) is 42.7 Å². The second-order valence-corrected chi connectivity index (χ2v) is 7.52. The number of thiazole rings is 1. The minimum atomic E-state index is 0.694. The minimum absolute atomic E-state index is 0.694. The number of nitrogens with zero attached hydrogens (tertiary/aromatic N) is 1. The second kappa shape index (κ2) is 6.40. The first-order valence-electron chi connectivity index (χ1n) is 7.47. The van der Waals surface area contributed by atoms with Gasteiger partial charge in [0.2, 0.25) is 0 Å². The van der Waals surface area contributed by atoms with Crippen molar-refractivity contribution in [2.75, 3.05) is 0 Å². The molecule has 0 aliphatic heterocycles. The molecule has 1 aromatic carbocycles. The molecule has 1 aromatic heterocycles. The molecule has 1 heterocycles. The smallest absolute Gasteiger partial charge is 0.0963 e. The SMILES string of the molecule is CCC1CCCC(c2nc(-c3cccc(Br)c3)cs2)C1. The normalized spacial score (nSPS) is 22.9. The summed E-state index contributed by atoms with van der Waals surface area (Å²) in [7, 11) is 0. The van der Waals surface area contributed by atoms with Crippen molar-refractivity contribution < 1.29 is 0 Å². The number of halogens is 1. The Hall–Kier alpha value is -0.670. The Balaban J connectivity index is 1.80. The maximum absolute atomic E-state index is 4.91. The zero-order valence-electron chi connectivity index (χ0n) is 11.8. The van der Waals surface area contributed by atoms with Gasteiger partial charge in [-0.05, 0) is 30.9 Å². The fraction of sp³-hybridized carbons (Fsp3) is 0.471. The van der Waals surface area contributed by atoms with Crippen LogP contribution < -0.4 is 0 Å². The molecule has 0 radical (unpaired) electrons. The molecule has 1 aliphatic carbocycles. The van der Waals surface area contributed by atoms with Gasteiger partial charge in [-0.3, -0.25) is 0 Å². The maximum Gasteiger partial charge on any atom is 0.0963 e. The molecule has 3 heteroatoms. The molecule has 3 rings (SSSR count). The van der Waals surface area contributed by atoms with Gasteiger partial charge in [-0.1, -0.05) is 54.2 Å². The van der Waals surface area contributed by atoms with Crippen LogP contribution in [0.15, 0.2) is 34.1 Å². The van der Waals surface area contributed by atoms with Crippen molar-refractivity contribution in [1.82, 2.24) is 4.98 Å². The van der Waals surface area contributed by atoms with Crippen molar-refractivity contribution in [2.45, 2.75) is 44.9 Å². The quantitative estimate of drug-likeness (QED) is 0.637. The number of benzene rings is 1. The highest BCUT2D eigenvalue weighted by molar-refractivity contribution is 9.10. The van der Waals surface area contributed by atoms with Crippen LogP contribution in [0.5, 0.6) is 0 Å². The van der Waals surface area contributed by atoms with Crippen LogP contribution in [0.4, 0.5) is 0 Å². The van der Waals surface area contributed by atoms with E-state index in [-0.39, 0.29) is 0 Å². The molecule has 0 bridgehead atoms. The van der Waals surface area contributed by atoms with Crippen LogP contribution in [0.2, 0.25) is 0 Å². The van der Waals surface area contributed by atoms with Gasteiger partial charge >= 0.3 is 0 Å². The fourth-order valence-corrected chi connectivity index (χ4v) is 4.52. The summed E-state index contributed by atoms with van der Waals surface area (Å²) >= 11 is 5.38. The summed E-state index contributed by atoms with van der Waals surface area (Å²) in [5.74, 6) is 1.60. The predicted molar refractivity (Wildman–Crippen MR) is 90.2 cm³/mol. The molecular weight excluding hydrogens is 330 g/mol. The second-order valence-electron chi connectivity index (χ2n) is 5.72. The molecule has 1 aliphatic rings. The molecule has 106 valence electrons. The molecule has 0 saturated heterocycles. The first-order chi connectivity index (χ1) is 9.76. The summed E-state index contributed by atoms with van der Waals surface area (Å²) in [5.41, 5.74) is 2.34. The molecule has 2 aromatic rings. The Labute approximate surface area is 133 Å². The Morgan fingerprint density at radius 3 is 3.05 bits per heavy atom. The van der Waals surface area contributed by atoms with Gasteiger partial charge in [0.15, 0.2) is 0 Å². The summed E-state index contributed by atoms with van der Waals surface area (Å²) in [4.78, 5) is 4.91. The van der Waals surface area contributed by atoms with Crippen LogP contribution in [-0.4, -0.2) is 4.98 Å². The van der Waals surface area contributed by atoms with Gasteiger partial charge in [0.25, 0.3) is 0 Å². The summed E-state index contributed by atoms with van der Waals surface area (Å²) in [6.45, 7) is 2.32. The maximum atomic E-state index is 4.91. The molecule has 0 spiro atoms. The average Bonchev–Trinajstić information content (AvgIpc) is 2.97. The van der Waals surface area contributed by atoms with Crippen molar-refractivity contribution >= 4 is 27.3 Å².